The zero-order chi connectivity index (χ0) is 13.7. The number of nitrogens with one attached hydrogen (secondary N) is 1. The molecular formula is C15H21NO3. The molecule has 1 aliphatic carbocycles. The molecule has 2 N–H and O–H groups in total. The molecule has 0 amide bonds. The zero-order valence-electron chi connectivity index (χ0n) is 11.2. The van der Waals surface area contributed by atoms with Gasteiger partial charge >= 0.3 is 5.97 Å². The van der Waals surface area contributed by atoms with Crippen molar-refractivity contribution < 1.29 is 14.6 Å². The third-order valence-electron chi connectivity index (χ3n) is 3.68. The summed E-state index contributed by atoms with van der Waals surface area (Å²) >= 11 is 0. The molecule has 1 aromatic carbocycles. The number of rotatable bonds is 4. The molecule has 0 saturated heterocycles. The summed E-state index contributed by atoms with van der Waals surface area (Å²) in [6.07, 6.45) is 3.43. The standard InChI is InChI=1S/C15H21NO3/c1-19-15(18)14(11-7-3-2-4-8-11)16-12-9-5-6-10-13(12)17/h2-4,7-8,12-14,16-17H,5-6,9-10H2,1H3/t12-,13-,14?/m1/s1. The van der Waals surface area contributed by atoms with Crippen LogP contribution in [0.2, 0.25) is 0 Å². The van der Waals surface area contributed by atoms with Gasteiger partial charge in [-0.1, -0.05) is 43.2 Å². The van der Waals surface area contributed by atoms with Gasteiger partial charge in [0.2, 0.25) is 0 Å². The molecule has 0 aliphatic heterocycles. The fourth-order valence-electron chi connectivity index (χ4n) is 2.58. The molecule has 1 fully saturated rings. The van der Waals surface area contributed by atoms with Crippen molar-refractivity contribution in [2.45, 2.75) is 43.9 Å². The summed E-state index contributed by atoms with van der Waals surface area (Å²) in [5.41, 5.74) is 0.868. The number of hydrogen-bond donors (Lipinski definition) is 2. The van der Waals surface area contributed by atoms with Gasteiger partial charge in [0.1, 0.15) is 6.04 Å². The van der Waals surface area contributed by atoms with Crippen molar-refractivity contribution in [3.05, 3.63) is 35.9 Å². The van der Waals surface area contributed by atoms with Crippen LogP contribution in [0.1, 0.15) is 37.3 Å². The molecule has 104 valence electrons. The molecule has 4 nitrogen and oxygen atoms in total. The van der Waals surface area contributed by atoms with Gasteiger partial charge in [-0.05, 0) is 18.4 Å². The SMILES string of the molecule is COC(=O)C(N[C@@H]1CCCC[C@H]1O)c1ccccc1. The number of esters is 1. The predicted octanol–water partition coefficient (Wildman–Crippen LogP) is 1.79. The van der Waals surface area contributed by atoms with Crippen molar-refractivity contribution in [1.82, 2.24) is 5.32 Å². The Balaban J connectivity index is 2.12. The summed E-state index contributed by atoms with van der Waals surface area (Å²) in [5.74, 6) is -0.316. The van der Waals surface area contributed by atoms with E-state index in [0.29, 0.717) is 0 Å². The lowest BCUT2D eigenvalue weighted by Crippen LogP contribution is -2.46. The molecule has 1 aromatic rings. The fraction of sp³-hybridized carbons (Fsp3) is 0.533. The van der Waals surface area contributed by atoms with Crippen LogP contribution in [-0.4, -0.2) is 30.3 Å². The van der Waals surface area contributed by atoms with Gasteiger partial charge in [0.05, 0.1) is 13.2 Å². The minimum absolute atomic E-state index is 0.0435. The van der Waals surface area contributed by atoms with Crippen LogP contribution in [0.15, 0.2) is 30.3 Å². The fourth-order valence-corrected chi connectivity index (χ4v) is 2.58. The van der Waals surface area contributed by atoms with Gasteiger partial charge in [-0.2, -0.15) is 0 Å². The van der Waals surface area contributed by atoms with Crippen molar-refractivity contribution in [3.8, 4) is 0 Å². The van der Waals surface area contributed by atoms with Crippen molar-refractivity contribution in [3.63, 3.8) is 0 Å². The van der Waals surface area contributed by atoms with Gasteiger partial charge < -0.3 is 9.84 Å². The first kappa shape index (κ1) is 14.0. The topological polar surface area (TPSA) is 58.6 Å². The average Bonchev–Trinajstić information content (AvgIpc) is 2.46. The van der Waals surface area contributed by atoms with Gasteiger partial charge in [0.15, 0.2) is 0 Å². The van der Waals surface area contributed by atoms with Gasteiger partial charge in [-0.25, -0.2) is 4.79 Å². The van der Waals surface area contributed by atoms with E-state index in [1.54, 1.807) is 0 Å². The van der Waals surface area contributed by atoms with Crippen LogP contribution >= 0.6 is 0 Å². The van der Waals surface area contributed by atoms with Gasteiger partial charge in [-0.15, -0.1) is 0 Å². The zero-order valence-corrected chi connectivity index (χ0v) is 11.2. The maximum absolute atomic E-state index is 11.9. The second kappa shape index (κ2) is 6.68. The molecule has 1 unspecified atom stereocenters. The van der Waals surface area contributed by atoms with Crippen LogP contribution in [0, 0.1) is 0 Å². The second-order valence-corrected chi connectivity index (χ2v) is 4.99. The van der Waals surface area contributed by atoms with E-state index in [1.807, 2.05) is 30.3 Å². The molecule has 2 rings (SSSR count). The number of carbonyl (C=O) groups is 1. The number of aliphatic hydroxyl groups excluding tert-OH is 1. The summed E-state index contributed by atoms with van der Waals surface area (Å²) < 4.78 is 4.86. The third kappa shape index (κ3) is 3.55. The lowest BCUT2D eigenvalue weighted by atomic mass is 9.91. The summed E-state index contributed by atoms with van der Waals surface area (Å²) in [5, 5.41) is 13.3. The first-order valence-electron chi connectivity index (χ1n) is 6.79. The number of hydrogen-bond acceptors (Lipinski definition) is 4. The number of aliphatic hydroxyl groups is 1. The largest absolute Gasteiger partial charge is 0.468 e. The minimum atomic E-state index is -0.510. The summed E-state index contributed by atoms with van der Waals surface area (Å²) in [7, 11) is 1.39. The summed E-state index contributed by atoms with van der Waals surface area (Å²) in [6, 6.07) is 8.93. The van der Waals surface area contributed by atoms with E-state index in [0.717, 1.165) is 31.2 Å². The number of methoxy groups -OCH3 is 1. The first-order chi connectivity index (χ1) is 9.22. The second-order valence-electron chi connectivity index (χ2n) is 4.99. The highest BCUT2D eigenvalue weighted by Gasteiger charge is 2.29. The number of carbonyl (C=O) groups excluding carboxylic acids is 1. The van der Waals surface area contributed by atoms with E-state index < -0.39 is 6.04 Å². The van der Waals surface area contributed by atoms with Crippen LogP contribution in [-0.2, 0) is 9.53 Å². The van der Waals surface area contributed by atoms with Gasteiger partial charge in [0.25, 0.3) is 0 Å². The Morgan fingerprint density at radius 1 is 1.32 bits per heavy atom. The molecule has 0 bridgehead atoms. The van der Waals surface area contributed by atoms with E-state index in [-0.39, 0.29) is 18.1 Å². The Labute approximate surface area is 113 Å². The Hall–Kier alpha value is -1.39. The molecule has 1 saturated carbocycles. The molecule has 0 aromatic heterocycles. The van der Waals surface area contributed by atoms with Crippen molar-refractivity contribution >= 4 is 5.97 Å². The summed E-state index contributed by atoms with van der Waals surface area (Å²) in [4.78, 5) is 11.9. The molecule has 0 spiro atoms. The quantitative estimate of drug-likeness (QED) is 0.813. The maximum Gasteiger partial charge on any atom is 0.327 e. The van der Waals surface area contributed by atoms with E-state index in [2.05, 4.69) is 5.32 Å². The first-order valence-corrected chi connectivity index (χ1v) is 6.79. The average molecular weight is 263 g/mol. The van der Waals surface area contributed by atoms with Crippen LogP contribution in [0.25, 0.3) is 0 Å². The highest BCUT2D eigenvalue weighted by atomic mass is 16.5. The molecule has 0 radical (unpaired) electrons. The highest BCUT2D eigenvalue weighted by molar-refractivity contribution is 5.77. The van der Waals surface area contributed by atoms with E-state index in [1.165, 1.54) is 7.11 Å². The Kier molecular flexibility index (Phi) is 4.93. The predicted molar refractivity (Wildman–Crippen MR) is 72.6 cm³/mol. The molecule has 3 atom stereocenters. The lowest BCUT2D eigenvalue weighted by Gasteiger charge is -2.31. The molecule has 1 aliphatic rings. The molecule has 4 heteroatoms. The summed E-state index contributed by atoms with van der Waals surface area (Å²) in [6.45, 7) is 0. The van der Waals surface area contributed by atoms with Gasteiger partial charge in [0, 0.05) is 6.04 Å². The normalized spacial score (nSPS) is 24.7. The minimum Gasteiger partial charge on any atom is -0.468 e. The van der Waals surface area contributed by atoms with Crippen LogP contribution in [0.3, 0.4) is 0 Å². The number of benzene rings is 1. The molecular weight excluding hydrogens is 242 g/mol. The van der Waals surface area contributed by atoms with Gasteiger partial charge in [-0.3, -0.25) is 5.32 Å². The van der Waals surface area contributed by atoms with Crippen molar-refractivity contribution in [2.75, 3.05) is 7.11 Å². The van der Waals surface area contributed by atoms with Crippen molar-refractivity contribution in [2.24, 2.45) is 0 Å². The Morgan fingerprint density at radius 2 is 2.00 bits per heavy atom. The maximum atomic E-state index is 11.9. The molecule has 19 heavy (non-hydrogen) atoms. The van der Waals surface area contributed by atoms with Crippen molar-refractivity contribution in [1.29, 1.82) is 0 Å². The number of ether oxygens (including phenoxy) is 1. The highest BCUT2D eigenvalue weighted by Crippen LogP contribution is 2.22. The lowest BCUT2D eigenvalue weighted by molar-refractivity contribution is -0.143. The monoisotopic (exact) mass is 263 g/mol. The third-order valence-corrected chi connectivity index (χ3v) is 3.68. The smallest absolute Gasteiger partial charge is 0.327 e. The Morgan fingerprint density at radius 3 is 2.63 bits per heavy atom. The van der Waals surface area contributed by atoms with E-state index in [9.17, 15) is 9.90 Å². The van der Waals surface area contributed by atoms with E-state index in [4.69, 9.17) is 4.74 Å². The Bertz CT molecular complexity index is 407. The van der Waals surface area contributed by atoms with Crippen LogP contribution in [0.4, 0.5) is 0 Å². The molecule has 0 heterocycles. The van der Waals surface area contributed by atoms with E-state index >= 15 is 0 Å². The van der Waals surface area contributed by atoms with Crippen LogP contribution < -0.4 is 5.32 Å². The van der Waals surface area contributed by atoms with Crippen LogP contribution in [0.5, 0.6) is 0 Å².